The molecule has 4 rings (SSSR count). The molecule has 2 aromatic carbocycles. The average Bonchev–Trinajstić information content (AvgIpc) is 3.29. The van der Waals surface area contributed by atoms with Gasteiger partial charge < -0.3 is 19.3 Å². The zero-order valence-electron chi connectivity index (χ0n) is 18.9. The minimum atomic E-state index is -4.53. The van der Waals surface area contributed by atoms with E-state index in [2.05, 4.69) is 10.1 Å². The van der Waals surface area contributed by atoms with Crippen molar-refractivity contribution < 1.29 is 32.3 Å². The summed E-state index contributed by atoms with van der Waals surface area (Å²) in [5.41, 5.74) is 0.888. The number of alkyl halides is 3. The van der Waals surface area contributed by atoms with E-state index in [4.69, 9.17) is 14.4 Å². The maximum Gasteiger partial charge on any atom is 0.418 e. The Bertz CT molecular complexity index is 1170. The quantitative estimate of drug-likeness (QED) is 0.427. The maximum atomic E-state index is 14.0. The minimum Gasteiger partial charge on any atom is -0.480 e. The number of halogens is 4. The van der Waals surface area contributed by atoms with Crippen LogP contribution < -0.4 is 4.90 Å². The summed E-state index contributed by atoms with van der Waals surface area (Å²) in [7, 11) is 0. The number of carbonyl (C=O) groups is 1. The number of piperidine rings is 1. The number of nitrogens with zero attached hydrogens (tertiary/aromatic N) is 3. The van der Waals surface area contributed by atoms with E-state index < -0.39 is 24.3 Å². The van der Waals surface area contributed by atoms with Gasteiger partial charge in [-0.1, -0.05) is 23.4 Å². The second-order valence-electron chi connectivity index (χ2n) is 8.28. The van der Waals surface area contributed by atoms with Crippen LogP contribution in [0.1, 0.15) is 37.3 Å². The van der Waals surface area contributed by atoms with E-state index in [0.29, 0.717) is 17.7 Å². The van der Waals surface area contributed by atoms with Crippen molar-refractivity contribution in [2.24, 2.45) is 0 Å². The number of hydrogen-bond acceptors (Lipinski definition) is 6. The number of hydrogen-bond donors (Lipinski definition) is 1. The van der Waals surface area contributed by atoms with Gasteiger partial charge in [0.15, 0.2) is 0 Å². The molecule has 1 unspecified atom stereocenters. The van der Waals surface area contributed by atoms with Gasteiger partial charge in [-0.2, -0.15) is 18.2 Å². The first-order valence-electron chi connectivity index (χ1n) is 10.9. The lowest BCUT2D eigenvalue weighted by molar-refractivity contribution is -0.142. The Labute approximate surface area is 206 Å². The Morgan fingerprint density at radius 2 is 2.00 bits per heavy atom. The fourth-order valence-corrected chi connectivity index (χ4v) is 4.12. The standard InChI is InChI=1S/C24H24F3N3O4.ClH/c1-15-5-2-3-10-30(15)20-9-8-18(12-19(20)24(25,26)27)23-28-22(29-34-23)17-7-4-6-16(11-17)13-33-14-21(31)32;/h4,6-9,11-12,15H,2-3,5,10,13-14H2,1H3,(H,31,32);1H. The van der Waals surface area contributed by atoms with Crippen LogP contribution in [-0.4, -0.2) is 40.4 Å². The second-order valence-corrected chi connectivity index (χ2v) is 8.28. The zero-order chi connectivity index (χ0) is 24.3. The highest BCUT2D eigenvalue weighted by atomic mass is 35.5. The Kier molecular flexibility index (Phi) is 8.39. The highest BCUT2D eigenvalue weighted by Crippen LogP contribution is 2.41. The number of aliphatic carboxylic acids is 1. The number of aromatic nitrogens is 2. The number of rotatable bonds is 7. The van der Waals surface area contributed by atoms with E-state index in [0.717, 1.165) is 25.3 Å². The molecule has 1 aliphatic heterocycles. The molecular formula is C24H25ClF3N3O4. The highest BCUT2D eigenvalue weighted by Gasteiger charge is 2.37. The molecule has 11 heteroatoms. The first-order chi connectivity index (χ1) is 16.2. The lowest BCUT2D eigenvalue weighted by Crippen LogP contribution is -2.38. The van der Waals surface area contributed by atoms with E-state index in [9.17, 15) is 18.0 Å². The van der Waals surface area contributed by atoms with E-state index in [1.165, 1.54) is 6.07 Å². The van der Waals surface area contributed by atoms with Gasteiger partial charge in [-0.15, -0.1) is 12.4 Å². The first kappa shape index (κ1) is 26.5. The van der Waals surface area contributed by atoms with Crippen LogP contribution in [0, 0.1) is 0 Å². The van der Waals surface area contributed by atoms with E-state index in [1.54, 1.807) is 30.3 Å². The number of carboxylic acids is 1. The normalized spacial score (nSPS) is 16.1. The minimum absolute atomic E-state index is 0. The number of carboxylic acid groups (broad SMARTS) is 1. The smallest absolute Gasteiger partial charge is 0.418 e. The largest absolute Gasteiger partial charge is 0.480 e. The van der Waals surface area contributed by atoms with Crippen LogP contribution in [0.3, 0.4) is 0 Å². The second kappa shape index (κ2) is 11.1. The summed E-state index contributed by atoms with van der Waals surface area (Å²) in [4.78, 5) is 16.7. The third kappa shape index (κ3) is 6.32. The third-order valence-electron chi connectivity index (χ3n) is 5.77. The summed E-state index contributed by atoms with van der Waals surface area (Å²) < 4.78 is 52.2. The number of ether oxygens (including phenoxy) is 1. The molecule has 0 bridgehead atoms. The Balaban J connectivity index is 0.00000342. The molecule has 1 aromatic heterocycles. The van der Waals surface area contributed by atoms with Gasteiger partial charge in [-0.25, -0.2) is 4.79 Å². The molecule has 0 aliphatic carbocycles. The van der Waals surface area contributed by atoms with Crippen LogP contribution >= 0.6 is 12.4 Å². The highest BCUT2D eigenvalue weighted by molar-refractivity contribution is 5.85. The van der Waals surface area contributed by atoms with Gasteiger partial charge in [0.1, 0.15) is 6.61 Å². The molecule has 3 aromatic rings. The predicted octanol–water partition coefficient (Wildman–Crippen LogP) is 5.82. The molecule has 188 valence electrons. The van der Waals surface area contributed by atoms with Crippen molar-refractivity contribution >= 4 is 24.1 Å². The number of anilines is 1. The monoisotopic (exact) mass is 511 g/mol. The van der Waals surface area contributed by atoms with E-state index in [1.807, 2.05) is 11.8 Å². The zero-order valence-corrected chi connectivity index (χ0v) is 19.7. The van der Waals surface area contributed by atoms with Crippen LogP contribution in [-0.2, 0) is 22.3 Å². The summed E-state index contributed by atoms with van der Waals surface area (Å²) in [5.74, 6) is -0.887. The van der Waals surface area contributed by atoms with Crippen LogP contribution in [0.4, 0.5) is 18.9 Å². The molecule has 0 saturated carbocycles. The van der Waals surface area contributed by atoms with Crippen molar-refractivity contribution in [3.63, 3.8) is 0 Å². The fourth-order valence-electron chi connectivity index (χ4n) is 4.12. The van der Waals surface area contributed by atoms with Crippen molar-refractivity contribution in [1.29, 1.82) is 0 Å². The Hall–Kier alpha value is -3.11. The topological polar surface area (TPSA) is 88.7 Å². The SMILES string of the molecule is CC1CCCCN1c1ccc(-c2nc(-c3cccc(COCC(=O)O)c3)no2)cc1C(F)(F)F.Cl. The van der Waals surface area contributed by atoms with Gasteiger partial charge in [0.05, 0.1) is 12.2 Å². The molecule has 0 spiro atoms. The first-order valence-corrected chi connectivity index (χ1v) is 10.9. The third-order valence-corrected chi connectivity index (χ3v) is 5.77. The molecule has 1 aliphatic rings. The molecule has 0 amide bonds. The van der Waals surface area contributed by atoms with Crippen molar-refractivity contribution in [3.05, 3.63) is 53.6 Å². The summed E-state index contributed by atoms with van der Waals surface area (Å²) in [6, 6.07) is 11.0. The Morgan fingerprint density at radius 3 is 2.71 bits per heavy atom. The van der Waals surface area contributed by atoms with Crippen LogP contribution in [0.15, 0.2) is 47.0 Å². The van der Waals surface area contributed by atoms with Crippen LogP contribution in [0.2, 0.25) is 0 Å². The molecule has 1 N–H and O–H groups in total. The average molecular weight is 512 g/mol. The van der Waals surface area contributed by atoms with E-state index in [-0.39, 0.29) is 48.0 Å². The fraction of sp³-hybridized carbons (Fsp3) is 0.375. The van der Waals surface area contributed by atoms with Crippen LogP contribution in [0.5, 0.6) is 0 Å². The lowest BCUT2D eigenvalue weighted by atomic mass is 9.99. The predicted molar refractivity (Wildman–Crippen MR) is 125 cm³/mol. The molecule has 7 nitrogen and oxygen atoms in total. The summed E-state index contributed by atoms with van der Waals surface area (Å²) in [6.45, 7) is 2.18. The molecular weight excluding hydrogens is 487 g/mol. The lowest BCUT2D eigenvalue weighted by Gasteiger charge is -2.37. The summed E-state index contributed by atoms with van der Waals surface area (Å²) in [5, 5.41) is 12.6. The van der Waals surface area contributed by atoms with Gasteiger partial charge in [-0.05, 0) is 56.0 Å². The van der Waals surface area contributed by atoms with Crippen molar-refractivity contribution in [1.82, 2.24) is 10.1 Å². The van der Waals surface area contributed by atoms with Gasteiger partial charge in [0.2, 0.25) is 5.82 Å². The van der Waals surface area contributed by atoms with E-state index >= 15 is 0 Å². The van der Waals surface area contributed by atoms with Crippen LogP contribution in [0.25, 0.3) is 22.8 Å². The maximum absolute atomic E-state index is 14.0. The molecule has 35 heavy (non-hydrogen) atoms. The van der Waals surface area contributed by atoms with Gasteiger partial charge in [0, 0.05) is 29.4 Å². The van der Waals surface area contributed by atoms with Gasteiger partial charge in [-0.3, -0.25) is 0 Å². The molecule has 0 radical (unpaired) electrons. The molecule has 2 heterocycles. The Morgan fingerprint density at radius 1 is 1.20 bits per heavy atom. The molecule has 1 fully saturated rings. The van der Waals surface area contributed by atoms with Crippen molar-refractivity contribution in [2.45, 2.75) is 45.0 Å². The molecule has 1 atom stereocenters. The van der Waals surface area contributed by atoms with Gasteiger partial charge in [0.25, 0.3) is 5.89 Å². The van der Waals surface area contributed by atoms with Crippen molar-refractivity contribution in [2.75, 3.05) is 18.1 Å². The van der Waals surface area contributed by atoms with Crippen molar-refractivity contribution in [3.8, 4) is 22.8 Å². The summed E-state index contributed by atoms with van der Waals surface area (Å²) in [6.07, 6.45) is -1.81. The summed E-state index contributed by atoms with van der Waals surface area (Å²) >= 11 is 0. The van der Waals surface area contributed by atoms with Gasteiger partial charge >= 0.3 is 12.1 Å². The number of benzene rings is 2. The molecule has 1 saturated heterocycles.